The van der Waals surface area contributed by atoms with E-state index in [1.54, 1.807) is 30.5 Å². The maximum Gasteiger partial charge on any atom is 0.280 e. The molecule has 0 radical (unpaired) electrons. The smallest absolute Gasteiger partial charge is 0.280 e. The number of aliphatic hydroxyl groups is 1. The molecule has 2 unspecified atom stereocenters. The largest absolute Gasteiger partial charge is 0.391 e. The van der Waals surface area contributed by atoms with E-state index >= 15 is 0 Å². The van der Waals surface area contributed by atoms with Crippen molar-refractivity contribution in [2.45, 2.75) is 18.9 Å². The topological polar surface area (TPSA) is 133 Å². The minimum absolute atomic E-state index is 0.0345. The van der Waals surface area contributed by atoms with E-state index in [0.29, 0.717) is 36.6 Å². The molecule has 164 valence electrons. The third kappa shape index (κ3) is 4.61. The van der Waals surface area contributed by atoms with Gasteiger partial charge < -0.3 is 15.2 Å². The first kappa shape index (κ1) is 21.5. The van der Waals surface area contributed by atoms with Crippen LogP contribution in [0.2, 0.25) is 0 Å². The minimum atomic E-state index is -0.654. The number of H-pyrrole nitrogens is 1. The third-order valence-corrected chi connectivity index (χ3v) is 5.54. The summed E-state index contributed by atoms with van der Waals surface area (Å²) in [6.07, 6.45) is 3.43. The molecule has 1 fully saturated rings. The Bertz CT molecular complexity index is 1170. The number of aromatic nitrogens is 3. The number of benzene rings is 1. The molecule has 1 amide bonds. The SMILES string of the molecule is N#CCc1ccc(-c2c[nH]n(-c3ccc(C(=O)NCC(O)C4CCOC4)cn3)c2=O)cc1. The second kappa shape index (κ2) is 9.60. The first-order valence-electron chi connectivity index (χ1n) is 10.3. The summed E-state index contributed by atoms with van der Waals surface area (Å²) in [5.41, 5.74) is 2.14. The molecule has 1 aromatic carbocycles. The van der Waals surface area contributed by atoms with E-state index in [1.807, 2.05) is 12.1 Å². The molecule has 9 heteroatoms. The Labute approximate surface area is 184 Å². The summed E-state index contributed by atoms with van der Waals surface area (Å²) in [5, 5.41) is 24.5. The van der Waals surface area contributed by atoms with Crippen molar-refractivity contribution < 1.29 is 14.6 Å². The molecule has 0 spiro atoms. The summed E-state index contributed by atoms with van der Waals surface area (Å²) in [5.74, 6) is 0.0355. The van der Waals surface area contributed by atoms with Gasteiger partial charge in [-0.05, 0) is 29.7 Å². The van der Waals surface area contributed by atoms with Gasteiger partial charge in [0.2, 0.25) is 0 Å². The van der Waals surface area contributed by atoms with Crippen molar-refractivity contribution in [1.29, 1.82) is 5.26 Å². The van der Waals surface area contributed by atoms with Gasteiger partial charge in [-0.2, -0.15) is 5.26 Å². The molecule has 1 aliphatic heterocycles. The molecule has 3 heterocycles. The Kier molecular flexibility index (Phi) is 6.44. The molecule has 1 saturated heterocycles. The fourth-order valence-electron chi connectivity index (χ4n) is 3.62. The zero-order chi connectivity index (χ0) is 22.5. The van der Waals surface area contributed by atoms with E-state index in [1.165, 1.54) is 10.9 Å². The number of nitriles is 1. The monoisotopic (exact) mass is 433 g/mol. The Morgan fingerprint density at radius 3 is 2.81 bits per heavy atom. The van der Waals surface area contributed by atoms with Crippen LogP contribution < -0.4 is 10.9 Å². The van der Waals surface area contributed by atoms with Crippen LogP contribution in [0.3, 0.4) is 0 Å². The molecule has 0 saturated carbocycles. The van der Waals surface area contributed by atoms with E-state index < -0.39 is 6.10 Å². The molecule has 4 rings (SSSR count). The first-order valence-corrected chi connectivity index (χ1v) is 10.3. The number of hydrogen-bond acceptors (Lipinski definition) is 6. The number of carbonyl (C=O) groups excluding carboxylic acids is 1. The van der Waals surface area contributed by atoms with Crippen molar-refractivity contribution in [3.05, 3.63) is 70.3 Å². The lowest BCUT2D eigenvalue weighted by atomic mass is 10.0. The second-order valence-electron chi connectivity index (χ2n) is 7.67. The van der Waals surface area contributed by atoms with Gasteiger partial charge in [-0.1, -0.05) is 24.3 Å². The highest BCUT2D eigenvalue weighted by atomic mass is 16.5. The molecular formula is C23H23N5O4. The quantitative estimate of drug-likeness (QED) is 0.516. The number of amides is 1. The van der Waals surface area contributed by atoms with Crippen LogP contribution in [0.1, 0.15) is 22.3 Å². The minimum Gasteiger partial charge on any atom is -0.391 e. The maximum atomic E-state index is 12.8. The van der Waals surface area contributed by atoms with Crippen molar-refractivity contribution in [3.63, 3.8) is 0 Å². The average Bonchev–Trinajstić information content (AvgIpc) is 3.48. The lowest BCUT2D eigenvalue weighted by Gasteiger charge is -2.16. The lowest BCUT2D eigenvalue weighted by Crippen LogP contribution is -2.36. The average molecular weight is 433 g/mol. The number of nitrogens with zero attached hydrogens (tertiary/aromatic N) is 3. The lowest BCUT2D eigenvalue weighted by molar-refractivity contribution is 0.0781. The van der Waals surface area contributed by atoms with Gasteiger partial charge >= 0.3 is 0 Å². The number of hydrogen-bond donors (Lipinski definition) is 3. The highest BCUT2D eigenvalue weighted by Gasteiger charge is 2.24. The number of aromatic amines is 1. The van der Waals surface area contributed by atoms with Gasteiger partial charge in [0, 0.05) is 31.5 Å². The van der Waals surface area contributed by atoms with Gasteiger partial charge in [0.15, 0.2) is 5.82 Å². The summed E-state index contributed by atoms with van der Waals surface area (Å²) < 4.78 is 6.55. The molecule has 9 nitrogen and oxygen atoms in total. The molecular weight excluding hydrogens is 410 g/mol. The van der Waals surface area contributed by atoms with E-state index in [2.05, 4.69) is 21.5 Å². The summed E-state index contributed by atoms with van der Waals surface area (Å²) >= 11 is 0. The Morgan fingerprint density at radius 2 is 2.16 bits per heavy atom. The normalized spacial score (nSPS) is 16.4. The number of ether oxygens (including phenoxy) is 1. The van der Waals surface area contributed by atoms with Gasteiger partial charge in [0.05, 0.1) is 36.3 Å². The molecule has 2 atom stereocenters. The highest BCUT2D eigenvalue weighted by Crippen LogP contribution is 2.18. The zero-order valence-electron chi connectivity index (χ0n) is 17.3. The number of pyridine rings is 1. The van der Waals surface area contributed by atoms with E-state index in [9.17, 15) is 14.7 Å². The van der Waals surface area contributed by atoms with Crippen LogP contribution >= 0.6 is 0 Å². The number of aliphatic hydroxyl groups excluding tert-OH is 1. The maximum absolute atomic E-state index is 12.8. The van der Waals surface area contributed by atoms with Crippen LogP contribution in [0.25, 0.3) is 16.9 Å². The number of rotatable bonds is 7. The van der Waals surface area contributed by atoms with Gasteiger partial charge in [0.25, 0.3) is 11.5 Å². The summed E-state index contributed by atoms with van der Waals surface area (Å²) in [4.78, 5) is 29.4. The van der Waals surface area contributed by atoms with Gasteiger partial charge in [-0.25, -0.2) is 9.67 Å². The molecule has 2 aromatic heterocycles. The molecule has 32 heavy (non-hydrogen) atoms. The Hall–Kier alpha value is -3.74. The van der Waals surface area contributed by atoms with Gasteiger partial charge in [-0.15, -0.1) is 0 Å². The van der Waals surface area contributed by atoms with Crippen LogP contribution in [0.15, 0.2) is 53.6 Å². The standard InChI is InChI=1S/C23H23N5O4/c24-9-7-15-1-3-16(4-2-15)19-12-27-28(23(19)31)21-6-5-17(11-25-21)22(30)26-13-20(29)18-8-10-32-14-18/h1-6,11-12,18,20,27,29H,7-8,10,13-14H2,(H,26,30). The van der Waals surface area contributed by atoms with Crippen LogP contribution in [0, 0.1) is 17.2 Å². The van der Waals surface area contributed by atoms with E-state index in [-0.39, 0.29) is 23.9 Å². The summed E-state index contributed by atoms with van der Waals surface area (Å²) in [6, 6.07) is 12.5. The molecule has 3 aromatic rings. The van der Waals surface area contributed by atoms with Crippen LogP contribution in [0.4, 0.5) is 0 Å². The zero-order valence-corrected chi connectivity index (χ0v) is 17.3. The fourth-order valence-corrected chi connectivity index (χ4v) is 3.62. The summed E-state index contributed by atoms with van der Waals surface area (Å²) in [6.45, 7) is 1.28. The van der Waals surface area contributed by atoms with Gasteiger partial charge in [0.1, 0.15) is 0 Å². The second-order valence-corrected chi connectivity index (χ2v) is 7.67. The van der Waals surface area contributed by atoms with Crippen LogP contribution in [0.5, 0.6) is 0 Å². The van der Waals surface area contributed by atoms with Crippen molar-refractivity contribution in [2.24, 2.45) is 5.92 Å². The molecule has 0 bridgehead atoms. The van der Waals surface area contributed by atoms with Crippen molar-refractivity contribution in [2.75, 3.05) is 19.8 Å². The highest BCUT2D eigenvalue weighted by molar-refractivity contribution is 5.93. The van der Waals surface area contributed by atoms with Crippen molar-refractivity contribution in [3.8, 4) is 23.0 Å². The number of carbonyl (C=O) groups is 1. The molecule has 1 aliphatic rings. The molecule has 3 N–H and O–H groups in total. The predicted molar refractivity (Wildman–Crippen MR) is 116 cm³/mol. The summed E-state index contributed by atoms with van der Waals surface area (Å²) in [7, 11) is 0. The Balaban J connectivity index is 1.43. The number of nitrogens with one attached hydrogen (secondary N) is 2. The first-order chi connectivity index (χ1) is 15.6. The van der Waals surface area contributed by atoms with Gasteiger partial charge in [-0.3, -0.25) is 14.7 Å². The van der Waals surface area contributed by atoms with Crippen LogP contribution in [-0.2, 0) is 11.2 Å². The van der Waals surface area contributed by atoms with Crippen LogP contribution in [-0.4, -0.2) is 51.6 Å². The third-order valence-electron chi connectivity index (χ3n) is 5.54. The van der Waals surface area contributed by atoms with Crippen molar-refractivity contribution in [1.82, 2.24) is 20.1 Å². The fraction of sp³-hybridized carbons (Fsp3) is 0.304. The predicted octanol–water partition coefficient (Wildman–Crippen LogP) is 1.42. The van der Waals surface area contributed by atoms with Crippen molar-refractivity contribution >= 4 is 5.91 Å². The van der Waals surface area contributed by atoms with E-state index in [0.717, 1.165) is 17.5 Å². The van der Waals surface area contributed by atoms with E-state index in [4.69, 9.17) is 10.00 Å². The molecule has 0 aliphatic carbocycles. The Morgan fingerprint density at radius 1 is 1.34 bits per heavy atom.